The Morgan fingerprint density at radius 1 is 1.11 bits per heavy atom. The molecule has 3 heterocycles. The maximum Gasteiger partial charge on any atom is 0.341 e. The van der Waals surface area contributed by atoms with Gasteiger partial charge in [-0.15, -0.1) is 22.7 Å². The smallest absolute Gasteiger partial charge is 0.341 e. The van der Waals surface area contributed by atoms with Crippen molar-refractivity contribution in [2.24, 2.45) is 11.3 Å². The number of benzene rings is 1. The first-order valence-corrected chi connectivity index (χ1v) is 14.6. The van der Waals surface area contributed by atoms with Crippen molar-refractivity contribution < 1.29 is 14.3 Å². The second kappa shape index (κ2) is 9.20. The highest BCUT2D eigenvalue weighted by Gasteiger charge is 2.32. The van der Waals surface area contributed by atoms with Gasteiger partial charge >= 0.3 is 5.97 Å². The average molecular weight is 546 g/mol. The molecule has 196 valence electrons. The summed E-state index contributed by atoms with van der Waals surface area (Å²) < 4.78 is 5.15. The number of aromatic nitrogens is 1. The summed E-state index contributed by atoms with van der Waals surface area (Å²) in [4.78, 5) is 33.7. The number of pyridine rings is 1. The molecule has 0 radical (unpaired) electrons. The number of ether oxygens (including phenoxy) is 1. The van der Waals surface area contributed by atoms with Crippen LogP contribution in [-0.2, 0) is 30.4 Å². The van der Waals surface area contributed by atoms with E-state index < -0.39 is 5.97 Å². The van der Waals surface area contributed by atoms with Gasteiger partial charge in [-0.05, 0) is 66.2 Å². The summed E-state index contributed by atoms with van der Waals surface area (Å²) >= 11 is 2.76. The van der Waals surface area contributed by atoms with Gasteiger partial charge in [0.15, 0.2) is 0 Å². The van der Waals surface area contributed by atoms with Crippen LogP contribution in [0.15, 0.2) is 30.3 Å². The van der Waals surface area contributed by atoms with Gasteiger partial charge in [0, 0.05) is 21.5 Å². The van der Waals surface area contributed by atoms with Gasteiger partial charge in [-0.1, -0.05) is 45.0 Å². The molecule has 0 aliphatic heterocycles. The van der Waals surface area contributed by atoms with Gasteiger partial charge in [0.25, 0.3) is 5.91 Å². The highest BCUT2D eigenvalue weighted by Crippen LogP contribution is 2.46. The van der Waals surface area contributed by atoms with Crippen LogP contribution in [-0.4, -0.2) is 24.0 Å². The predicted octanol–water partition coefficient (Wildman–Crippen LogP) is 6.90. The van der Waals surface area contributed by atoms with Crippen molar-refractivity contribution in [3.05, 3.63) is 62.5 Å². The van der Waals surface area contributed by atoms with Gasteiger partial charge in [-0.2, -0.15) is 0 Å². The Hall–Kier alpha value is -3.23. The summed E-state index contributed by atoms with van der Waals surface area (Å²) in [6.07, 6.45) is 4.74. The number of carbonyl (C=O) groups excluding carboxylic acids is 2. The molecule has 0 saturated heterocycles. The fourth-order valence-corrected chi connectivity index (χ4v) is 8.00. The molecule has 0 bridgehead atoms. The van der Waals surface area contributed by atoms with Crippen LogP contribution >= 0.6 is 22.7 Å². The van der Waals surface area contributed by atoms with E-state index in [0.29, 0.717) is 27.0 Å². The number of hydrogen-bond donors (Lipinski definition) is 2. The number of nitrogens with one attached hydrogen (secondary N) is 1. The summed E-state index contributed by atoms with van der Waals surface area (Å²) in [7, 11) is 1.37. The minimum Gasteiger partial charge on any atom is -0.465 e. The number of carbonyl (C=O) groups is 2. The number of fused-ring (bicyclic) bond motifs is 5. The number of esters is 1. The van der Waals surface area contributed by atoms with E-state index in [2.05, 4.69) is 38.2 Å². The third-order valence-electron chi connectivity index (χ3n) is 8.02. The van der Waals surface area contributed by atoms with Crippen molar-refractivity contribution in [2.45, 2.75) is 52.9 Å². The van der Waals surface area contributed by atoms with Crippen LogP contribution < -0.4 is 11.1 Å². The summed E-state index contributed by atoms with van der Waals surface area (Å²) in [5, 5.41) is 4.34. The molecular formula is C30H31N3O3S2. The molecular weight excluding hydrogens is 514 g/mol. The molecule has 0 saturated carbocycles. The van der Waals surface area contributed by atoms with Gasteiger partial charge in [0.05, 0.1) is 12.8 Å². The Morgan fingerprint density at radius 3 is 2.66 bits per heavy atom. The van der Waals surface area contributed by atoms with Crippen LogP contribution in [0.2, 0.25) is 0 Å². The minimum atomic E-state index is -0.457. The van der Waals surface area contributed by atoms with Crippen molar-refractivity contribution in [3.63, 3.8) is 0 Å². The van der Waals surface area contributed by atoms with Crippen molar-refractivity contribution in [2.75, 3.05) is 18.2 Å². The zero-order valence-corrected chi connectivity index (χ0v) is 23.7. The molecule has 4 aromatic rings. The molecule has 3 N–H and O–H groups in total. The fourth-order valence-electron chi connectivity index (χ4n) is 5.81. The Balaban J connectivity index is 1.37. The predicted molar refractivity (Wildman–Crippen MR) is 155 cm³/mol. The van der Waals surface area contributed by atoms with Crippen molar-refractivity contribution in [1.82, 2.24) is 4.98 Å². The van der Waals surface area contributed by atoms with Crippen molar-refractivity contribution >= 4 is 55.5 Å². The maximum atomic E-state index is 13.6. The molecule has 1 aromatic carbocycles. The first-order valence-electron chi connectivity index (χ1n) is 13.0. The quantitative estimate of drug-likeness (QED) is 0.273. The molecule has 1 atom stereocenters. The van der Waals surface area contributed by atoms with Gasteiger partial charge in [0.1, 0.15) is 20.3 Å². The third kappa shape index (κ3) is 4.10. The molecule has 38 heavy (non-hydrogen) atoms. The minimum absolute atomic E-state index is 0.232. The summed E-state index contributed by atoms with van der Waals surface area (Å²) in [6.45, 7) is 6.87. The molecule has 2 aliphatic rings. The SMILES string of the molecule is COC(=O)c1c(NC(=O)c2sc3nc4c(cc3c2N)CC(C(C)(C)C)CC4)sc2c1-c1ccccc1CC2. The number of nitrogen functional groups attached to an aromatic ring is 1. The fraction of sp³-hybridized carbons (Fsp3) is 0.367. The van der Waals surface area contributed by atoms with Crippen molar-refractivity contribution in [1.29, 1.82) is 0 Å². The Morgan fingerprint density at radius 2 is 1.89 bits per heavy atom. The van der Waals surface area contributed by atoms with Crippen LogP contribution in [0.1, 0.15) is 68.9 Å². The lowest BCUT2D eigenvalue weighted by Gasteiger charge is -2.34. The van der Waals surface area contributed by atoms with Crippen LogP contribution in [0, 0.1) is 11.3 Å². The lowest BCUT2D eigenvalue weighted by molar-refractivity contribution is 0.0603. The molecule has 8 heteroatoms. The molecule has 1 amide bonds. The van der Waals surface area contributed by atoms with E-state index in [1.807, 2.05) is 18.2 Å². The maximum absolute atomic E-state index is 13.6. The molecule has 6 rings (SSSR count). The number of nitrogens with two attached hydrogens (primary N) is 1. The molecule has 0 spiro atoms. The lowest BCUT2D eigenvalue weighted by atomic mass is 9.71. The summed E-state index contributed by atoms with van der Waals surface area (Å²) in [5.74, 6) is -0.196. The van der Waals surface area contributed by atoms with Gasteiger partial charge in [0.2, 0.25) is 0 Å². The van der Waals surface area contributed by atoms with Crippen LogP contribution in [0.3, 0.4) is 0 Å². The molecule has 3 aromatic heterocycles. The normalized spacial score (nSPS) is 16.5. The zero-order chi connectivity index (χ0) is 26.8. The summed E-state index contributed by atoms with van der Waals surface area (Å²) in [5.41, 5.74) is 13.1. The number of methoxy groups -OCH3 is 1. The second-order valence-electron chi connectivity index (χ2n) is 11.3. The molecule has 1 unspecified atom stereocenters. The molecule has 2 aliphatic carbocycles. The monoisotopic (exact) mass is 545 g/mol. The van der Waals surface area contributed by atoms with Crippen molar-refractivity contribution in [3.8, 4) is 11.1 Å². The largest absolute Gasteiger partial charge is 0.465 e. The Kier molecular flexibility index (Phi) is 6.07. The van der Waals surface area contributed by atoms with E-state index in [1.165, 1.54) is 40.9 Å². The highest BCUT2D eigenvalue weighted by molar-refractivity contribution is 7.21. The standard InChI is InChI=1S/C30H31N3O3S2/c1-30(2,3)17-10-11-20-16(13-17)14-19-24(31)25(38-27(19)32-20)26(34)33-28-23(29(35)36-4)22-18-8-6-5-7-15(18)9-12-21(22)37-28/h5-8,14,17H,9-13,31H2,1-4H3,(H,33,34). The first kappa shape index (κ1) is 25.1. The number of nitrogens with zero attached hydrogens (tertiary/aromatic N) is 1. The average Bonchev–Trinajstić information content (AvgIpc) is 3.43. The molecule has 6 nitrogen and oxygen atoms in total. The zero-order valence-electron chi connectivity index (χ0n) is 22.1. The van der Waals surface area contributed by atoms with Gasteiger partial charge in [-0.3, -0.25) is 4.79 Å². The van der Waals surface area contributed by atoms with E-state index in [4.69, 9.17) is 15.5 Å². The first-order chi connectivity index (χ1) is 18.2. The molecule has 0 fully saturated rings. The van der Waals surface area contributed by atoms with E-state index in [0.717, 1.165) is 64.0 Å². The van der Waals surface area contributed by atoms with Crippen LogP contribution in [0.4, 0.5) is 10.7 Å². The summed E-state index contributed by atoms with van der Waals surface area (Å²) in [6, 6.07) is 10.2. The van der Waals surface area contributed by atoms with E-state index in [-0.39, 0.29) is 11.3 Å². The number of anilines is 2. The number of thiophene rings is 2. The van der Waals surface area contributed by atoms with E-state index >= 15 is 0 Å². The van der Waals surface area contributed by atoms with Gasteiger partial charge < -0.3 is 15.8 Å². The lowest BCUT2D eigenvalue weighted by Crippen LogP contribution is -2.27. The topological polar surface area (TPSA) is 94.3 Å². The van der Waals surface area contributed by atoms with Crippen LogP contribution in [0.5, 0.6) is 0 Å². The number of hydrogen-bond acceptors (Lipinski definition) is 7. The second-order valence-corrected chi connectivity index (χ2v) is 13.4. The van der Waals surface area contributed by atoms with E-state index in [1.54, 1.807) is 0 Å². The third-order valence-corrected chi connectivity index (χ3v) is 10.3. The van der Waals surface area contributed by atoms with E-state index in [9.17, 15) is 9.59 Å². The van der Waals surface area contributed by atoms with Gasteiger partial charge in [-0.25, -0.2) is 9.78 Å². The van der Waals surface area contributed by atoms with Crippen LogP contribution in [0.25, 0.3) is 21.3 Å². The number of rotatable bonds is 3. The number of amides is 1. The Labute approximate surface area is 230 Å². The number of aryl methyl sites for hydroxylation is 3. The highest BCUT2D eigenvalue weighted by atomic mass is 32.1. The Bertz CT molecular complexity index is 1610.